The summed E-state index contributed by atoms with van der Waals surface area (Å²) in [4.78, 5) is 0. The summed E-state index contributed by atoms with van der Waals surface area (Å²) in [6.07, 6.45) is 1.85. The quantitative estimate of drug-likeness (QED) is 0.762. The van der Waals surface area contributed by atoms with Gasteiger partial charge in [0.05, 0.1) is 11.5 Å². The van der Waals surface area contributed by atoms with Crippen molar-refractivity contribution >= 4 is 9.84 Å². The van der Waals surface area contributed by atoms with Crippen molar-refractivity contribution in [3.63, 3.8) is 0 Å². The standard InChI is InChI=1S/C12H17FO3S/c13-12-6-4-5-11(9-12)10-17(15,16)8-3-1-2-7-14/h4-6,9,14H,1-3,7-8,10H2. The van der Waals surface area contributed by atoms with Crippen LogP contribution in [-0.2, 0) is 15.6 Å². The summed E-state index contributed by atoms with van der Waals surface area (Å²) in [6, 6.07) is 5.64. The normalized spacial score (nSPS) is 11.6. The molecule has 0 aromatic heterocycles. The van der Waals surface area contributed by atoms with Crippen molar-refractivity contribution < 1.29 is 17.9 Å². The van der Waals surface area contributed by atoms with Crippen molar-refractivity contribution in [3.8, 4) is 0 Å². The Balaban J connectivity index is 2.49. The first-order valence-electron chi connectivity index (χ1n) is 5.59. The van der Waals surface area contributed by atoms with Crippen LogP contribution in [0.2, 0.25) is 0 Å². The molecule has 0 bridgehead atoms. The maximum Gasteiger partial charge on any atom is 0.154 e. The molecule has 1 aromatic rings. The van der Waals surface area contributed by atoms with Gasteiger partial charge in [-0.1, -0.05) is 18.6 Å². The lowest BCUT2D eigenvalue weighted by Crippen LogP contribution is -2.09. The summed E-state index contributed by atoms with van der Waals surface area (Å²) in [5.41, 5.74) is 0.479. The van der Waals surface area contributed by atoms with E-state index in [0.29, 0.717) is 24.8 Å². The highest BCUT2D eigenvalue weighted by molar-refractivity contribution is 7.90. The van der Waals surface area contributed by atoms with Gasteiger partial charge in [-0.05, 0) is 30.5 Å². The summed E-state index contributed by atoms with van der Waals surface area (Å²) in [5.74, 6) is -0.453. The van der Waals surface area contributed by atoms with Gasteiger partial charge in [-0.25, -0.2) is 12.8 Å². The second kappa shape index (κ2) is 6.71. The number of hydrogen-bond donors (Lipinski definition) is 1. The van der Waals surface area contributed by atoms with Gasteiger partial charge in [-0.15, -0.1) is 0 Å². The molecule has 0 fully saturated rings. The Morgan fingerprint density at radius 2 is 1.94 bits per heavy atom. The van der Waals surface area contributed by atoms with E-state index >= 15 is 0 Å². The van der Waals surface area contributed by atoms with Crippen molar-refractivity contribution in [1.29, 1.82) is 0 Å². The zero-order valence-electron chi connectivity index (χ0n) is 9.60. The van der Waals surface area contributed by atoms with Crippen LogP contribution in [0.4, 0.5) is 4.39 Å². The highest BCUT2D eigenvalue weighted by atomic mass is 32.2. The monoisotopic (exact) mass is 260 g/mol. The first kappa shape index (κ1) is 14.1. The van der Waals surface area contributed by atoms with Gasteiger partial charge < -0.3 is 5.11 Å². The van der Waals surface area contributed by atoms with Crippen LogP contribution in [0.3, 0.4) is 0 Å². The molecule has 96 valence electrons. The zero-order valence-corrected chi connectivity index (χ0v) is 10.4. The van der Waals surface area contributed by atoms with Gasteiger partial charge in [-0.2, -0.15) is 0 Å². The third kappa shape index (κ3) is 5.79. The third-order valence-electron chi connectivity index (χ3n) is 2.39. The molecule has 0 heterocycles. The Morgan fingerprint density at radius 3 is 2.59 bits per heavy atom. The maximum absolute atomic E-state index is 12.9. The molecule has 1 aromatic carbocycles. The van der Waals surface area contributed by atoms with E-state index < -0.39 is 15.7 Å². The molecule has 1 rings (SSSR count). The van der Waals surface area contributed by atoms with Crippen molar-refractivity contribution in [3.05, 3.63) is 35.6 Å². The molecule has 1 N–H and O–H groups in total. The molecule has 0 aliphatic carbocycles. The lowest BCUT2D eigenvalue weighted by Gasteiger charge is -2.04. The fourth-order valence-corrected chi connectivity index (χ4v) is 3.04. The van der Waals surface area contributed by atoms with Crippen LogP contribution in [0, 0.1) is 5.82 Å². The lowest BCUT2D eigenvalue weighted by molar-refractivity contribution is 0.284. The summed E-state index contributed by atoms with van der Waals surface area (Å²) in [5, 5.41) is 8.57. The van der Waals surface area contributed by atoms with Crippen LogP contribution in [0.15, 0.2) is 24.3 Å². The fourth-order valence-electron chi connectivity index (χ4n) is 1.56. The minimum atomic E-state index is -3.18. The average molecular weight is 260 g/mol. The molecule has 0 aliphatic heterocycles. The van der Waals surface area contributed by atoms with Crippen LogP contribution in [0.5, 0.6) is 0 Å². The number of aliphatic hydroxyl groups excluding tert-OH is 1. The molecule has 0 atom stereocenters. The Bertz CT molecular complexity index is 443. The number of unbranched alkanes of at least 4 members (excludes halogenated alkanes) is 2. The number of rotatable bonds is 7. The molecule has 0 radical (unpaired) electrons. The van der Waals surface area contributed by atoms with Crippen LogP contribution < -0.4 is 0 Å². The first-order chi connectivity index (χ1) is 8.03. The molecular weight excluding hydrogens is 243 g/mol. The van der Waals surface area contributed by atoms with E-state index in [9.17, 15) is 12.8 Å². The van der Waals surface area contributed by atoms with Gasteiger partial charge in [0.15, 0.2) is 9.84 Å². The highest BCUT2D eigenvalue weighted by Gasteiger charge is 2.11. The van der Waals surface area contributed by atoms with Crippen molar-refractivity contribution in [2.24, 2.45) is 0 Å². The van der Waals surface area contributed by atoms with E-state index in [-0.39, 0.29) is 18.1 Å². The van der Waals surface area contributed by atoms with Gasteiger partial charge in [0.25, 0.3) is 0 Å². The van der Waals surface area contributed by atoms with E-state index in [2.05, 4.69) is 0 Å². The van der Waals surface area contributed by atoms with E-state index in [1.165, 1.54) is 18.2 Å². The van der Waals surface area contributed by atoms with Crippen LogP contribution in [0.1, 0.15) is 24.8 Å². The van der Waals surface area contributed by atoms with Crippen LogP contribution in [0.25, 0.3) is 0 Å². The maximum atomic E-state index is 12.9. The fraction of sp³-hybridized carbons (Fsp3) is 0.500. The molecule has 0 aliphatic rings. The Labute approximate surface area is 101 Å². The Hall–Kier alpha value is -0.940. The van der Waals surface area contributed by atoms with Crippen molar-refractivity contribution in [1.82, 2.24) is 0 Å². The molecule has 0 saturated carbocycles. The Kier molecular flexibility index (Phi) is 5.58. The largest absolute Gasteiger partial charge is 0.396 e. The SMILES string of the molecule is O=S(=O)(CCCCCO)Cc1cccc(F)c1. The van der Waals surface area contributed by atoms with Gasteiger partial charge in [0.1, 0.15) is 5.82 Å². The van der Waals surface area contributed by atoms with Crippen LogP contribution >= 0.6 is 0 Å². The predicted octanol–water partition coefficient (Wildman–Crippen LogP) is 1.90. The number of sulfone groups is 1. The summed E-state index contributed by atoms with van der Waals surface area (Å²) < 4.78 is 36.3. The minimum Gasteiger partial charge on any atom is -0.396 e. The van der Waals surface area contributed by atoms with Gasteiger partial charge in [0.2, 0.25) is 0 Å². The van der Waals surface area contributed by atoms with E-state index in [0.717, 1.165) is 0 Å². The molecule has 0 spiro atoms. The number of aliphatic hydroxyl groups is 1. The van der Waals surface area contributed by atoms with Gasteiger partial charge in [0, 0.05) is 6.61 Å². The lowest BCUT2D eigenvalue weighted by atomic mass is 10.2. The molecular formula is C12H17FO3S. The summed E-state index contributed by atoms with van der Waals surface area (Å²) in [7, 11) is -3.18. The summed E-state index contributed by atoms with van der Waals surface area (Å²) >= 11 is 0. The van der Waals surface area contributed by atoms with E-state index in [1.54, 1.807) is 6.07 Å². The topological polar surface area (TPSA) is 54.4 Å². The first-order valence-corrected chi connectivity index (χ1v) is 7.41. The Morgan fingerprint density at radius 1 is 1.18 bits per heavy atom. The summed E-state index contributed by atoms with van der Waals surface area (Å²) in [6.45, 7) is 0.0872. The smallest absolute Gasteiger partial charge is 0.154 e. The molecule has 3 nitrogen and oxygen atoms in total. The van der Waals surface area contributed by atoms with Crippen molar-refractivity contribution in [2.45, 2.75) is 25.0 Å². The second-order valence-electron chi connectivity index (χ2n) is 4.01. The number of benzene rings is 1. The zero-order chi connectivity index (χ0) is 12.7. The molecule has 5 heteroatoms. The third-order valence-corrected chi connectivity index (χ3v) is 4.07. The molecule has 0 amide bonds. The minimum absolute atomic E-state index is 0.0868. The number of halogens is 1. The second-order valence-corrected chi connectivity index (χ2v) is 6.19. The molecule has 17 heavy (non-hydrogen) atoms. The highest BCUT2D eigenvalue weighted by Crippen LogP contribution is 2.10. The van der Waals surface area contributed by atoms with Crippen LogP contribution in [-0.4, -0.2) is 25.9 Å². The molecule has 0 saturated heterocycles. The predicted molar refractivity (Wildman–Crippen MR) is 64.8 cm³/mol. The number of hydrogen-bond acceptors (Lipinski definition) is 3. The van der Waals surface area contributed by atoms with Gasteiger partial charge in [-0.3, -0.25) is 0 Å². The van der Waals surface area contributed by atoms with Crippen molar-refractivity contribution in [2.75, 3.05) is 12.4 Å². The average Bonchev–Trinajstić information content (AvgIpc) is 2.24. The van der Waals surface area contributed by atoms with Gasteiger partial charge >= 0.3 is 0 Å². The molecule has 0 unspecified atom stereocenters. The van der Waals surface area contributed by atoms with E-state index in [1.807, 2.05) is 0 Å². The van der Waals surface area contributed by atoms with E-state index in [4.69, 9.17) is 5.11 Å².